The lowest BCUT2D eigenvalue weighted by atomic mass is 10.2. The fourth-order valence-corrected chi connectivity index (χ4v) is 0.931. The molecule has 0 rings (SSSR count). The Kier molecular flexibility index (Phi) is 4.75. The molecule has 0 radical (unpaired) electrons. The number of nitrogens with one attached hydrogen (secondary N) is 1. The van der Waals surface area contributed by atoms with Crippen molar-refractivity contribution in [2.45, 2.75) is 59.1 Å². The Morgan fingerprint density at radius 1 is 1.42 bits per heavy atom. The maximum Gasteiger partial charge on any atom is 0.110 e. The number of aliphatic hydroxyl groups is 1. The molecule has 0 aliphatic rings. The molecule has 3 heteroatoms. The van der Waals surface area contributed by atoms with Gasteiger partial charge in [-0.15, -0.1) is 0 Å². The van der Waals surface area contributed by atoms with Crippen molar-refractivity contribution in [3.63, 3.8) is 0 Å². The largest absolute Gasteiger partial charge is 0.379 e. The van der Waals surface area contributed by atoms with Gasteiger partial charge in [-0.2, -0.15) is 0 Å². The van der Waals surface area contributed by atoms with E-state index in [1.807, 2.05) is 27.7 Å². The van der Waals surface area contributed by atoms with Gasteiger partial charge >= 0.3 is 0 Å². The molecule has 0 amide bonds. The highest BCUT2D eigenvalue weighted by Crippen LogP contribution is 2.11. The van der Waals surface area contributed by atoms with Gasteiger partial charge in [0, 0.05) is 0 Å². The number of hydrogen-bond acceptors (Lipinski definition) is 3. The predicted octanol–water partition coefficient (Wildman–Crippen LogP) is 1.47. The summed E-state index contributed by atoms with van der Waals surface area (Å²) in [6.07, 6.45) is 0.268. The monoisotopic (exact) mass is 175 g/mol. The van der Waals surface area contributed by atoms with Crippen molar-refractivity contribution in [2.24, 2.45) is 0 Å². The SMILES string of the molecule is CCC(NC(C)O)OC(C)(C)C. The van der Waals surface area contributed by atoms with Gasteiger partial charge in [0.05, 0.1) is 5.60 Å². The second kappa shape index (κ2) is 4.80. The number of rotatable bonds is 4. The molecule has 0 heterocycles. The van der Waals surface area contributed by atoms with E-state index in [-0.39, 0.29) is 11.8 Å². The first kappa shape index (κ1) is 11.9. The van der Waals surface area contributed by atoms with E-state index in [1.165, 1.54) is 0 Å². The van der Waals surface area contributed by atoms with Crippen LogP contribution in [-0.4, -0.2) is 23.2 Å². The minimum Gasteiger partial charge on any atom is -0.379 e. The highest BCUT2D eigenvalue weighted by molar-refractivity contribution is 4.64. The number of ether oxygens (including phenoxy) is 1. The first-order chi connectivity index (χ1) is 5.35. The van der Waals surface area contributed by atoms with Crippen LogP contribution >= 0.6 is 0 Å². The Bertz CT molecular complexity index is 118. The van der Waals surface area contributed by atoms with Crippen LogP contribution in [0.15, 0.2) is 0 Å². The minimum atomic E-state index is -0.516. The Balaban J connectivity index is 3.83. The van der Waals surface area contributed by atoms with Gasteiger partial charge in [0.15, 0.2) is 0 Å². The van der Waals surface area contributed by atoms with Gasteiger partial charge in [-0.25, -0.2) is 0 Å². The van der Waals surface area contributed by atoms with Crippen LogP contribution in [0.5, 0.6) is 0 Å². The van der Waals surface area contributed by atoms with Crippen molar-refractivity contribution in [3.05, 3.63) is 0 Å². The summed E-state index contributed by atoms with van der Waals surface area (Å²) in [6.45, 7) is 9.71. The van der Waals surface area contributed by atoms with Gasteiger partial charge in [0.1, 0.15) is 12.5 Å². The zero-order valence-electron chi connectivity index (χ0n) is 8.72. The van der Waals surface area contributed by atoms with Crippen LogP contribution in [0.4, 0.5) is 0 Å². The Hall–Kier alpha value is -0.120. The summed E-state index contributed by atoms with van der Waals surface area (Å²) >= 11 is 0. The first-order valence-electron chi connectivity index (χ1n) is 4.47. The quantitative estimate of drug-likeness (QED) is 0.636. The summed E-state index contributed by atoms with van der Waals surface area (Å²) in [6, 6.07) is 0. The summed E-state index contributed by atoms with van der Waals surface area (Å²) in [5.41, 5.74) is -0.164. The molecule has 0 aromatic heterocycles. The van der Waals surface area contributed by atoms with Crippen molar-refractivity contribution in [3.8, 4) is 0 Å². The summed E-state index contributed by atoms with van der Waals surface area (Å²) in [5.74, 6) is 0. The van der Waals surface area contributed by atoms with E-state index in [4.69, 9.17) is 9.84 Å². The van der Waals surface area contributed by atoms with Crippen molar-refractivity contribution < 1.29 is 9.84 Å². The smallest absolute Gasteiger partial charge is 0.110 e. The van der Waals surface area contributed by atoms with E-state index in [0.29, 0.717) is 0 Å². The Morgan fingerprint density at radius 3 is 2.17 bits per heavy atom. The van der Waals surface area contributed by atoms with Gasteiger partial charge in [0.2, 0.25) is 0 Å². The molecule has 3 nitrogen and oxygen atoms in total. The molecule has 0 saturated heterocycles. The van der Waals surface area contributed by atoms with E-state index in [1.54, 1.807) is 6.92 Å². The lowest BCUT2D eigenvalue weighted by Gasteiger charge is -2.28. The van der Waals surface area contributed by atoms with E-state index in [0.717, 1.165) is 6.42 Å². The van der Waals surface area contributed by atoms with Gasteiger partial charge in [0.25, 0.3) is 0 Å². The third-order valence-corrected chi connectivity index (χ3v) is 1.29. The van der Waals surface area contributed by atoms with Crippen LogP contribution < -0.4 is 5.32 Å². The lowest BCUT2D eigenvalue weighted by molar-refractivity contribution is -0.0933. The number of aliphatic hydroxyl groups excluding tert-OH is 1. The van der Waals surface area contributed by atoms with Crippen molar-refractivity contribution in [1.29, 1.82) is 0 Å². The fraction of sp³-hybridized carbons (Fsp3) is 1.00. The summed E-state index contributed by atoms with van der Waals surface area (Å²) in [5, 5.41) is 12.0. The van der Waals surface area contributed by atoms with E-state index >= 15 is 0 Å². The zero-order valence-corrected chi connectivity index (χ0v) is 8.72. The van der Waals surface area contributed by atoms with Gasteiger partial charge in [-0.1, -0.05) is 6.92 Å². The van der Waals surface area contributed by atoms with E-state index in [9.17, 15) is 0 Å². The molecule has 0 aliphatic heterocycles. The second-order valence-corrected chi connectivity index (χ2v) is 3.97. The maximum absolute atomic E-state index is 9.06. The minimum absolute atomic E-state index is 0.0648. The van der Waals surface area contributed by atoms with Crippen molar-refractivity contribution in [2.75, 3.05) is 0 Å². The Morgan fingerprint density at radius 2 is 1.92 bits per heavy atom. The number of hydrogen-bond donors (Lipinski definition) is 2. The van der Waals surface area contributed by atoms with Crippen LogP contribution in [0, 0.1) is 0 Å². The Labute approximate surface area is 75.1 Å². The molecular formula is C9H21NO2. The van der Waals surface area contributed by atoms with Crippen LogP contribution in [0.25, 0.3) is 0 Å². The van der Waals surface area contributed by atoms with Crippen molar-refractivity contribution >= 4 is 0 Å². The normalized spacial score (nSPS) is 17.5. The van der Waals surface area contributed by atoms with Crippen LogP contribution in [0.1, 0.15) is 41.0 Å². The molecule has 0 spiro atoms. The summed E-state index contributed by atoms with van der Waals surface area (Å²) < 4.78 is 5.63. The molecule has 12 heavy (non-hydrogen) atoms. The molecule has 0 saturated carbocycles. The first-order valence-corrected chi connectivity index (χ1v) is 4.47. The molecule has 0 aromatic carbocycles. The molecule has 0 aliphatic carbocycles. The molecule has 74 valence electrons. The van der Waals surface area contributed by atoms with Crippen LogP contribution in [-0.2, 0) is 4.74 Å². The molecule has 0 aromatic rings. The zero-order chi connectivity index (χ0) is 9.78. The van der Waals surface area contributed by atoms with E-state index in [2.05, 4.69) is 5.32 Å². The lowest BCUT2D eigenvalue weighted by Crippen LogP contribution is -2.42. The fourth-order valence-electron chi connectivity index (χ4n) is 0.931. The third kappa shape index (κ3) is 6.58. The van der Waals surface area contributed by atoms with E-state index < -0.39 is 6.23 Å². The highest BCUT2D eigenvalue weighted by Gasteiger charge is 2.17. The van der Waals surface area contributed by atoms with Crippen LogP contribution in [0.2, 0.25) is 0 Å². The topological polar surface area (TPSA) is 41.5 Å². The molecule has 2 atom stereocenters. The average molecular weight is 175 g/mol. The highest BCUT2D eigenvalue weighted by atomic mass is 16.5. The molecular weight excluding hydrogens is 154 g/mol. The molecule has 2 unspecified atom stereocenters. The van der Waals surface area contributed by atoms with Crippen molar-refractivity contribution in [1.82, 2.24) is 5.32 Å². The van der Waals surface area contributed by atoms with Gasteiger partial charge in [-0.05, 0) is 34.1 Å². The van der Waals surface area contributed by atoms with Gasteiger partial charge in [-0.3, -0.25) is 5.32 Å². The van der Waals surface area contributed by atoms with Gasteiger partial charge < -0.3 is 9.84 Å². The predicted molar refractivity (Wildman–Crippen MR) is 49.7 cm³/mol. The molecule has 2 N–H and O–H groups in total. The average Bonchev–Trinajstić information content (AvgIpc) is 1.82. The van der Waals surface area contributed by atoms with Crippen LogP contribution in [0.3, 0.4) is 0 Å². The standard InChI is InChI=1S/C9H21NO2/c1-6-8(10-7(2)11)12-9(3,4)5/h7-8,10-11H,6H2,1-5H3. The second-order valence-electron chi connectivity index (χ2n) is 3.97. The summed E-state index contributed by atoms with van der Waals surface area (Å²) in [7, 11) is 0. The molecule has 0 bridgehead atoms. The third-order valence-electron chi connectivity index (χ3n) is 1.29. The summed E-state index contributed by atoms with van der Waals surface area (Å²) in [4.78, 5) is 0. The molecule has 0 fully saturated rings. The maximum atomic E-state index is 9.06.